The van der Waals surface area contributed by atoms with Gasteiger partial charge in [-0.1, -0.05) is 22.0 Å². The molecular weight excluding hydrogens is 430 g/mol. The van der Waals surface area contributed by atoms with Gasteiger partial charge in [0, 0.05) is 17.1 Å². The molecule has 0 unspecified atom stereocenters. The Bertz CT molecular complexity index is 713. The molecule has 0 amide bonds. The zero-order valence-electron chi connectivity index (χ0n) is 10.4. The minimum absolute atomic E-state index is 0.257. The van der Waals surface area contributed by atoms with Crippen LogP contribution in [0.5, 0.6) is 0 Å². The van der Waals surface area contributed by atoms with E-state index in [2.05, 4.69) is 36.6 Å². The molecular formula is C12H11Br2NO3S2. The molecule has 0 bridgehead atoms. The van der Waals surface area contributed by atoms with Crippen molar-refractivity contribution in [1.82, 2.24) is 0 Å². The Hall–Kier alpha value is -0.410. The Balaban J connectivity index is 2.37. The highest BCUT2D eigenvalue weighted by atomic mass is 79.9. The minimum Gasteiger partial charge on any atom is -0.380 e. The molecule has 20 heavy (non-hydrogen) atoms. The van der Waals surface area contributed by atoms with E-state index in [1.807, 2.05) is 6.07 Å². The number of hydrogen-bond acceptors (Lipinski definition) is 4. The molecule has 0 aliphatic carbocycles. The fraction of sp³-hybridized carbons (Fsp3) is 0.167. The lowest BCUT2D eigenvalue weighted by Gasteiger charge is -2.12. The number of anilines is 1. The molecule has 0 atom stereocenters. The predicted molar refractivity (Wildman–Crippen MR) is 87.7 cm³/mol. The lowest BCUT2D eigenvalue weighted by Crippen LogP contribution is -2.13. The Morgan fingerprint density at radius 3 is 2.60 bits per heavy atom. The van der Waals surface area contributed by atoms with Crippen molar-refractivity contribution in [2.75, 3.05) is 11.8 Å². The maximum Gasteiger partial charge on any atom is 0.271 e. The fourth-order valence-corrected chi connectivity index (χ4v) is 5.17. The molecule has 8 heteroatoms. The quantitative estimate of drug-likeness (QED) is 0.757. The zero-order valence-corrected chi connectivity index (χ0v) is 15.2. The van der Waals surface area contributed by atoms with Crippen molar-refractivity contribution in [1.29, 1.82) is 0 Å². The molecule has 0 fully saturated rings. The zero-order chi connectivity index (χ0) is 14.8. The third-order valence-electron chi connectivity index (χ3n) is 2.47. The maximum absolute atomic E-state index is 12.3. The summed E-state index contributed by atoms with van der Waals surface area (Å²) in [4.78, 5) is 0. The first-order valence-electron chi connectivity index (χ1n) is 5.48. The fourth-order valence-electron chi connectivity index (χ4n) is 1.58. The van der Waals surface area contributed by atoms with Gasteiger partial charge < -0.3 is 4.74 Å². The monoisotopic (exact) mass is 439 g/mol. The molecule has 2 rings (SSSR count). The van der Waals surface area contributed by atoms with E-state index in [1.165, 1.54) is 0 Å². The lowest BCUT2D eigenvalue weighted by atomic mass is 10.2. The van der Waals surface area contributed by atoms with Gasteiger partial charge in [-0.05, 0) is 40.2 Å². The number of thiophene rings is 1. The van der Waals surface area contributed by atoms with Crippen LogP contribution < -0.4 is 4.72 Å². The third kappa shape index (κ3) is 3.62. The normalized spacial score (nSPS) is 11.6. The Kier molecular flexibility index (Phi) is 5.25. The number of benzene rings is 1. The summed E-state index contributed by atoms with van der Waals surface area (Å²) in [5.74, 6) is 0. The number of rotatable bonds is 5. The molecule has 0 saturated heterocycles. The number of sulfonamides is 1. The first kappa shape index (κ1) is 16.0. The van der Waals surface area contributed by atoms with E-state index in [1.54, 1.807) is 31.4 Å². The van der Waals surface area contributed by atoms with Crippen LogP contribution in [0.4, 0.5) is 5.69 Å². The second-order valence-electron chi connectivity index (χ2n) is 3.86. The van der Waals surface area contributed by atoms with Crippen molar-refractivity contribution in [3.05, 3.63) is 44.2 Å². The van der Waals surface area contributed by atoms with E-state index in [0.717, 1.165) is 25.2 Å². The van der Waals surface area contributed by atoms with Crippen molar-refractivity contribution in [3.63, 3.8) is 0 Å². The van der Waals surface area contributed by atoms with E-state index in [-0.39, 0.29) is 4.21 Å². The van der Waals surface area contributed by atoms with E-state index in [4.69, 9.17) is 4.74 Å². The van der Waals surface area contributed by atoms with Crippen LogP contribution in [-0.4, -0.2) is 15.5 Å². The second kappa shape index (κ2) is 6.57. The van der Waals surface area contributed by atoms with Crippen LogP contribution in [-0.2, 0) is 21.4 Å². The number of hydrogen-bond donors (Lipinski definition) is 1. The van der Waals surface area contributed by atoms with Crippen LogP contribution in [0.25, 0.3) is 0 Å². The topological polar surface area (TPSA) is 55.4 Å². The smallest absolute Gasteiger partial charge is 0.271 e. The van der Waals surface area contributed by atoms with Gasteiger partial charge in [0.2, 0.25) is 0 Å². The standard InChI is InChI=1S/C12H11Br2NO3S2/c1-18-7-8-9(13)3-2-4-10(8)15-20(16,17)12-6-5-11(14)19-12/h2-6,15H,7H2,1H3. The maximum atomic E-state index is 12.3. The summed E-state index contributed by atoms with van der Waals surface area (Å²) in [6.45, 7) is 0.313. The summed E-state index contributed by atoms with van der Waals surface area (Å²) in [5, 5.41) is 0. The summed E-state index contributed by atoms with van der Waals surface area (Å²) in [6.07, 6.45) is 0. The molecule has 1 heterocycles. The van der Waals surface area contributed by atoms with Crippen LogP contribution in [0.2, 0.25) is 0 Å². The highest BCUT2D eigenvalue weighted by Gasteiger charge is 2.19. The van der Waals surface area contributed by atoms with Gasteiger partial charge >= 0.3 is 0 Å². The Labute approximate surface area is 138 Å². The molecule has 108 valence electrons. The van der Waals surface area contributed by atoms with Crippen LogP contribution in [0.3, 0.4) is 0 Å². The van der Waals surface area contributed by atoms with Crippen molar-refractivity contribution < 1.29 is 13.2 Å². The molecule has 1 aromatic carbocycles. The van der Waals surface area contributed by atoms with Gasteiger partial charge in [0.1, 0.15) is 4.21 Å². The SMILES string of the molecule is COCc1c(Br)cccc1NS(=O)(=O)c1ccc(Br)s1. The third-order valence-corrected chi connectivity index (χ3v) is 6.69. The van der Waals surface area contributed by atoms with Gasteiger partial charge in [-0.3, -0.25) is 4.72 Å². The van der Waals surface area contributed by atoms with Gasteiger partial charge in [0.05, 0.1) is 16.1 Å². The highest BCUT2D eigenvalue weighted by Crippen LogP contribution is 2.30. The van der Waals surface area contributed by atoms with E-state index in [0.29, 0.717) is 12.3 Å². The summed E-state index contributed by atoms with van der Waals surface area (Å²) in [5.41, 5.74) is 1.26. The van der Waals surface area contributed by atoms with Gasteiger partial charge in [0.25, 0.3) is 10.0 Å². The van der Waals surface area contributed by atoms with E-state index >= 15 is 0 Å². The highest BCUT2D eigenvalue weighted by molar-refractivity contribution is 9.11. The number of ether oxygens (including phenoxy) is 1. The van der Waals surface area contributed by atoms with Crippen LogP contribution >= 0.6 is 43.2 Å². The Morgan fingerprint density at radius 1 is 1.25 bits per heavy atom. The van der Waals surface area contributed by atoms with E-state index in [9.17, 15) is 8.42 Å². The number of halogens is 2. The van der Waals surface area contributed by atoms with E-state index < -0.39 is 10.0 Å². The minimum atomic E-state index is -3.59. The average molecular weight is 441 g/mol. The first-order valence-corrected chi connectivity index (χ1v) is 9.37. The average Bonchev–Trinajstić information content (AvgIpc) is 2.81. The molecule has 0 aliphatic heterocycles. The van der Waals surface area contributed by atoms with Crippen LogP contribution in [0, 0.1) is 0 Å². The molecule has 0 aliphatic rings. The summed E-state index contributed by atoms with van der Waals surface area (Å²) < 4.78 is 34.1. The van der Waals surface area contributed by atoms with Crippen LogP contribution in [0.15, 0.2) is 42.8 Å². The number of nitrogens with one attached hydrogen (secondary N) is 1. The van der Waals surface area contributed by atoms with Gasteiger partial charge in [-0.2, -0.15) is 0 Å². The van der Waals surface area contributed by atoms with Gasteiger partial charge in [-0.25, -0.2) is 8.42 Å². The van der Waals surface area contributed by atoms with Crippen molar-refractivity contribution >= 4 is 58.9 Å². The molecule has 1 aromatic heterocycles. The molecule has 0 saturated carbocycles. The lowest BCUT2D eigenvalue weighted by molar-refractivity contribution is 0.185. The first-order chi connectivity index (χ1) is 9.44. The molecule has 0 radical (unpaired) electrons. The molecule has 4 nitrogen and oxygen atoms in total. The van der Waals surface area contributed by atoms with Crippen molar-refractivity contribution in [3.8, 4) is 0 Å². The summed E-state index contributed by atoms with van der Waals surface area (Å²) in [7, 11) is -2.02. The summed E-state index contributed by atoms with van der Waals surface area (Å²) >= 11 is 7.82. The second-order valence-corrected chi connectivity index (χ2v) is 9.09. The van der Waals surface area contributed by atoms with Crippen LogP contribution in [0.1, 0.15) is 5.56 Å². The molecule has 1 N–H and O–H groups in total. The summed E-state index contributed by atoms with van der Waals surface area (Å²) in [6, 6.07) is 8.58. The van der Waals surface area contributed by atoms with Gasteiger partial charge in [-0.15, -0.1) is 11.3 Å². The van der Waals surface area contributed by atoms with Crippen molar-refractivity contribution in [2.45, 2.75) is 10.8 Å². The Morgan fingerprint density at radius 2 is 2.00 bits per heavy atom. The van der Waals surface area contributed by atoms with Gasteiger partial charge in [0.15, 0.2) is 0 Å². The number of methoxy groups -OCH3 is 1. The molecule has 2 aromatic rings. The molecule has 0 spiro atoms. The largest absolute Gasteiger partial charge is 0.380 e. The van der Waals surface area contributed by atoms with Crippen molar-refractivity contribution in [2.24, 2.45) is 0 Å². The predicted octanol–water partition coefficient (Wildman–Crippen LogP) is 4.22.